The van der Waals surface area contributed by atoms with Crippen molar-refractivity contribution in [2.75, 3.05) is 13.9 Å². The second-order valence-electron chi connectivity index (χ2n) is 8.44. The van der Waals surface area contributed by atoms with Gasteiger partial charge in [0.25, 0.3) is 0 Å². The highest BCUT2D eigenvalue weighted by molar-refractivity contribution is 6.45. The molecule has 3 heterocycles. The van der Waals surface area contributed by atoms with Crippen LogP contribution in [0.2, 0.25) is 11.8 Å². The Balaban J connectivity index is 1.28. The van der Waals surface area contributed by atoms with E-state index in [0.717, 1.165) is 30.2 Å². The van der Waals surface area contributed by atoms with Crippen molar-refractivity contribution in [2.45, 2.75) is 44.3 Å². The van der Waals surface area contributed by atoms with Crippen LogP contribution in [0, 0.1) is 11.8 Å². The van der Waals surface area contributed by atoms with E-state index < -0.39 is 0 Å². The van der Waals surface area contributed by atoms with Crippen molar-refractivity contribution < 1.29 is 19.2 Å². The molecule has 1 aromatic carbocycles. The maximum absolute atomic E-state index is 10.1. The average molecular weight is 430 g/mol. The van der Waals surface area contributed by atoms with Crippen molar-refractivity contribution in [3.05, 3.63) is 35.4 Å². The first-order valence-corrected chi connectivity index (χ1v) is 10.8. The van der Waals surface area contributed by atoms with Crippen molar-refractivity contribution in [1.82, 2.24) is 15.0 Å². The number of ether oxygens (including phenoxy) is 3. The third-order valence-electron chi connectivity index (χ3n) is 6.57. The predicted molar refractivity (Wildman–Crippen MR) is 113 cm³/mol. The molecule has 2 aliphatic heterocycles. The molecule has 3 aliphatic rings. The number of methoxy groups -OCH3 is 1. The van der Waals surface area contributed by atoms with Crippen LogP contribution in [0.3, 0.4) is 0 Å². The summed E-state index contributed by atoms with van der Waals surface area (Å²) >= 11 is 6.09. The molecule has 1 aliphatic carbocycles. The molecule has 2 bridgehead atoms. The van der Waals surface area contributed by atoms with Gasteiger partial charge in [-0.15, -0.1) is 10.2 Å². The molecule has 0 amide bonds. The minimum Gasteiger partial charge on any atom is -0.473 e. The van der Waals surface area contributed by atoms with Crippen LogP contribution in [-0.2, 0) is 4.74 Å². The zero-order chi connectivity index (χ0) is 20.8. The molecule has 2 saturated heterocycles. The fourth-order valence-electron chi connectivity index (χ4n) is 5.33. The lowest BCUT2D eigenvalue weighted by molar-refractivity contribution is 0.0515. The van der Waals surface area contributed by atoms with E-state index in [1.165, 1.54) is 6.42 Å². The predicted octanol–water partition coefficient (Wildman–Crippen LogP) is 3.12. The van der Waals surface area contributed by atoms with Gasteiger partial charge in [-0.25, -0.2) is 0 Å². The highest BCUT2D eigenvalue weighted by Crippen LogP contribution is 2.58. The molecule has 158 valence electrons. The average Bonchev–Trinajstić information content (AvgIpc) is 3.49. The Bertz CT molecular complexity index is 898. The number of nitrogens with zero attached hydrogens (tertiary/aromatic N) is 3. The van der Waals surface area contributed by atoms with Gasteiger partial charge in [0.15, 0.2) is 6.79 Å². The number of benzene rings is 1. The van der Waals surface area contributed by atoms with Crippen molar-refractivity contribution in [2.24, 2.45) is 11.8 Å². The molecule has 3 fully saturated rings. The van der Waals surface area contributed by atoms with Gasteiger partial charge in [-0.3, -0.25) is 0 Å². The third-order valence-corrected chi connectivity index (χ3v) is 6.80. The molecule has 1 saturated carbocycles. The van der Waals surface area contributed by atoms with E-state index in [1.807, 2.05) is 25.0 Å². The largest absolute Gasteiger partial charge is 0.473 e. The highest BCUT2D eigenvalue weighted by Gasteiger charge is 2.62. The maximum atomic E-state index is 10.1. The lowest BCUT2D eigenvalue weighted by atomic mass is 9.77. The minimum atomic E-state index is -0.387. The number of piperidine rings is 2. The van der Waals surface area contributed by atoms with Gasteiger partial charge in [0, 0.05) is 35.8 Å². The number of aromatic nitrogens is 2. The van der Waals surface area contributed by atoms with Crippen LogP contribution in [0.15, 0.2) is 30.3 Å². The van der Waals surface area contributed by atoms with E-state index in [0.29, 0.717) is 34.4 Å². The summed E-state index contributed by atoms with van der Waals surface area (Å²) in [6.45, 7) is 1.99. The van der Waals surface area contributed by atoms with Crippen LogP contribution in [0.5, 0.6) is 11.6 Å². The topological polar surface area (TPSA) is 76.9 Å². The molecule has 7 nitrogen and oxygen atoms in total. The van der Waals surface area contributed by atoms with Gasteiger partial charge in [-0.2, -0.15) is 0 Å². The van der Waals surface area contributed by atoms with E-state index in [4.69, 9.17) is 25.8 Å². The summed E-state index contributed by atoms with van der Waals surface area (Å²) < 4.78 is 16.8. The zero-order valence-electron chi connectivity index (χ0n) is 17.1. The molecule has 1 aromatic heterocycles. The number of hydrogen-bond acceptors (Lipinski definition) is 7. The van der Waals surface area contributed by atoms with E-state index in [-0.39, 0.29) is 19.9 Å². The molecule has 3 unspecified atom stereocenters. The molecule has 1 N–H and O–H groups in total. The highest BCUT2D eigenvalue weighted by atomic mass is 35.5. The summed E-state index contributed by atoms with van der Waals surface area (Å²) in [4.78, 5) is 2.29. The van der Waals surface area contributed by atoms with Crippen LogP contribution in [-0.4, -0.2) is 59.2 Å². The Morgan fingerprint density at radius 2 is 1.90 bits per heavy atom. The van der Waals surface area contributed by atoms with Gasteiger partial charge in [0.1, 0.15) is 11.9 Å². The van der Waals surface area contributed by atoms with E-state index in [2.05, 4.69) is 15.0 Å². The molecule has 9 heteroatoms. The standard InChI is InChI=1S/C21H25BClN3O4/c1-22(27)26-18-8-13(9-19(26)16-10-15(16)18)30-21-6-5-17(24-25-21)14-4-3-12(23)7-20(14)29-11-28-2/h3-7,13,15-16,18-19,27H,8-11H2,1-2H3/t13?,15-,16+,18?,19?. The molecule has 2 aromatic rings. The van der Waals surface area contributed by atoms with Gasteiger partial charge >= 0.3 is 7.05 Å². The van der Waals surface area contributed by atoms with E-state index >= 15 is 0 Å². The number of halogens is 1. The zero-order valence-corrected chi connectivity index (χ0v) is 17.8. The summed E-state index contributed by atoms with van der Waals surface area (Å²) in [5.74, 6) is 2.56. The monoisotopic (exact) mass is 429 g/mol. The van der Waals surface area contributed by atoms with E-state index in [9.17, 15) is 5.02 Å². The second kappa shape index (κ2) is 8.00. The van der Waals surface area contributed by atoms with Gasteiger partial charge in [0.2, 0.25) is 5.88 Å². The lowest BCUT2D eigenvalue weighted by Gasteiger charge is -2.42. The molecule has 0 spiro atoms. The summed E-state index contributed by atoms with van der Waals surface area (Å²) in [6, 6.07) is 9.94. The molecular formula is C21H25BClN3O4. The van der Waals surface area contributed by atoms with Crippen molar-refractivity contribution in [3.8, 4) is 22.9 Å². The van der Waals surface area contributed by atoms with Crippen LogP contribution in [0.1, 0.15) is 19.3 Å². The first-order valence-electron chi connectivity index (χ1n) is 10.4. The van der Waals surface area contributed by atoms with Gasteiger partial charge < -0.3 is 24.0 Å². The van der Waals surface area contributed by atoms with Crippen molar-refractivity contribution >= 4 is 18.7 Å². The number of rotatable bonds is 7. The molecule has 0 radical (unpaired) electrons. The maximum Gasteiger partial charge on any atom is 0.376 e. The van der Waals surface area contributed by atoms with Gasteiger partial charge in [0.05, 0.1) is 5.69 Å². The Morgan fingerprint density at radius 3 is 2.53 bits per heavy atom. The van der Waals surface area contributed by atoms with E-state index in [1.54, 1.807) is 19.2 Å². The number of hydrogen-bond donors (Lipinski definition) is 1. The van der Waals surface area contributed by atoms with Gasteiger partial charge in [-0.05, 0) is 62.2 Å². The second-order valence-corrected chi connectivity index (χ2v) is 8.87. The summed E-state index contributed by atoms with van der Waals surface area (Å²) in [5.41, 5.74) is 1.47. The normalized spacial score (nSPS) is 29.4. The molecule has 5 rings (SSSR count). The first kappa shape index (κ1) is 20.1. The van der Waals surface area contributed by atoms with Crippen LogP contribution >= 0.6 is 11.6 Å². The number of fused-ring (bicyclic) bond motifs is 5. The Labute approximate surface area is 181 Å². The molecule has 5 atom stereocenters. The van der Waals surface area contributed by atoms with Crippen LogP contribution < -0.4 is 9.47 Å². The summed E-state index contributed by atoms with van der Waals surface area (Å²) in [5, 5.41) is 19.4. The molecular weight excluding hydrogens is 405 g/mol. The van der Waals surface area contributed by atoms with Crippen molar-refractivity contribution in [3.63, 3.8) is 0 Å². The fraction of sp³-hybridized carbons (Fsp3) is 0.524. The Kier molecular flexibility index (Phi) is 5.35. The Morgan fingerprint density at radius 1 is 1.13 bits per heavy atom. The molecule has 30 heavy (non-hydrogen) atoms. The summed E-state index contributed by atoms with van der Waals surface area (Å²) in [7, 11) is 1.18. The van der Waals surface area contributed by atoms with Crippen LogP contribution in [0.4, 0.5) is 0 Å². The first-order chi connectivity index (χ1) is 14.5. The SMILES string of the molecule is COCOc1cc(Cl)ccc1-c1ccc(OC2CC3[C@H]4C[C@H]4C(C2)N3B(C)O)nn1. The van der Waals surface area contributed by atoms with Gasteiger partial charge in [-0.1, -0.05) is 11.6 Å². The smallest absolute Gasteiger partial charge is 0.376 e. The quantitative estimate of drug-likeness (QED) is 0.535. The third kappa shape index (κ3) is 3.66. The lowest BCUT2D eigenvalue weighted by Crippen LogP contribution is -2.54. The van der Waals surface area contributed by atoms with Crippen LogP contribution in [0.25, 0.3) is 11.3 Å². The Hall–Kier alpha value is -1.87. The van der Waals surface area contributed by atoms with Crippen molar-refractivity contribution in [1.29, 1.82) is 0 Å². The fourth-order valence-corrected chi connectivity index (χ4v) is 5.50. The minimum absolute atomic E-state index is 0.110. The summed E-state index contributed by atoms with van der Waals surface area (Å²) in [6.07, 6.45) is 3.27.